The van der Waals surface area contributed by atoms with E-state index in [1.54, 1.807) is 12.1 Å². The molecule has 0 bridgehead atoms. The van der Waals surface area contributed by atoms with Crippen molar-refractivity contribution in [3.05, 3.63) is 40.2 Å². The molecule has 9 heteroatoms. The fourth-order valence-electron chi connectivity index (χ4n) is 1.73. The third-order valence-corrected chi connectivity index (χ3v) is 3.91. The van der Waals surface area contributed by atoms with Gasteiger partial charge in [0.25, 0.3) is 0 Å². The highest BCUT2D eigenvalue weighted by Crippen LogP contribution is 2.30. The van der Waals surface area contributed by atoms with Gasteiger partial charge in [0.05, 0.1) is 11.5 Å². The first-order valence-corrected chi connectivity index (χ1v) is 7.78. The van der Waals surface area contributed by atoms with Crippen LogP contribution in [0.3, 0.4) is 0 Å². The molecule has 0 saturated carbocycles. The van der Waals surface area contributed by atoms with Crippen molar-refractivity contribution >= 4 is 17.4 Å². The highest BCUT2D eigenvalue weighted by molar-refractivity contribution is 7.98. The van der Waals surface area contributed by atoms with Gasteiger partial charge in [-0.05, 0) is 18.1 Å². The van der Waals surface area contributed by atoms with Gasteiger partial charge in [-0.3, -0.25) is 10.1 Å². The Morgan fingerprint density at radius 2 is 2.32 bits per heavy atom. The highest BCUT2D eigenvalue weighted by Gasteiger charge is 2.16. The summed E-state index contributed by atoms with van der Waals surface area (Å²) in [6.07, 6.45) is 3.23. The third kappa shape index (κ3) is 4.10. The number of benzene rings is 1. The lowest BCUT2D eigenvalue weighted by atomic mass is 10.2. The molecule has 0 saturated heterocycles. The molecular weight excluding hydrogens is 306 g/mol. The van der Waals surface area contributed by atoms with Gasteiger partial charge in [-0.25, -0.2) is 4.68 Å². The number of ether oxygens (including phenoxy) is 1. The van der Waals surface area contributed by atoms with Crippen LogP contribution in [0.4, 0.5) is 5.69 Å². The summed E-state index contributed by atoms with van der Waals surface area (Å²) >= 11 is 1.36. The normalized spacial score (nSPS) is 10.6. The number of hydrogen-bond donors (Lipinski definition) is 1. The lowest BCUT2D eigenvalue weighted by Gasteiger charge is -2.07. The number of nitrogens with zero attached hydrogens (tertiary/aromatic N) is 4. The predicted molar refractivity (Wildman–Crippen MR) is 83.2 cm³/mol. The summed E-state index contributed by atoms with van der Waals surface area (Å²) in [5.41, 5.74) is 0.769. The van der Waals surface area contributed by atoms with Gasteiger partial charge >= 0.3 is 5.69 Å². The second-order valence-electron chi connectivity index (χ2n) is 4.57. The van der Waals surface area contributed by atoms with Crippen LogP contribution >= 0.6 is 11.8 Å². The maximum Gasteiger partial charge on any atom is 0.311 e. The molecule has 0 atom stereocenters. The number of unbranched alkanes of at least 4 members (excludes halogenated alkanes) is 1. The first-order chi connectivity index (χ1) is 10.6. The van der Waals surface area contributed by atoms with Gasteiger partial charge in [0.15, 0.2) is 5.75 Å². The molecule has 0 spiro atoms. The van der Waals surface area contributed by atoms with Crippen LogP contribution in [0.5, 0.6) is 5.75 Å². The van der Waals surface area contributed by atoms with Crippen LogP contribution in [0, 0.1) is 10.1 Å². The van der Waals surface area contributed by atoms with E-state index in [4.69, 9.17) is 10.6 Å². The Morgan fingerprint density at radius 1 is 1.50 bits per heavy atom. The molecular formula is C13H17N5O3S. The summed E-state index contributed by atoms with van der Waals surface area (Å²) in [4.78, 5) is 10.7. The van der Waals surface area contributed by atoms with Crippen LogP contribution in [0.25, 0.3) is 0 Å². The zero-order valence-electron chi connectivity index (χ0n) is 12.1. The van der Waals surface area contributed by atoms with Crippen molar-refractivity contribution in [3.8, 4) is 5.75 Å². The molecule has 1 heterocycles. The molecule has 0 aliphatic rings. The van der Waals surface area contributed by atoms with Gasteiger partial charge < -0.3 is 10.6 Å². The molecule has 2 rings (SSSR count). The van der Waals surface area contributed by atoms with Crippen LogP contribution in [0.15, 0.2) is 29.7 Å². The number of rotatable bonds is 8. The first kappa shape index (κ1) is 16.1. The second kappa shape index (κ2) is 7.64. The van der Waals surface area contributed by atoms with Gasteiger partial charge in [0, 0.05) is 11.8 Å². The van der Waals surface area contributed by atoms with E-state index >= 15 is 0 Å². The Morgan fingerprint density at radius 3 is 2.95 bits per heavy atom. The van der Waals surface area contributed by atoms with E-state index in [2.05, 4.69) is 10.2 Å². The minimum absolute atomic E-state index is 0.0246. The zero-order chi connectivity index (χ0) is 15.9. The number of nitro benzene ring substituents is 1. The monoisotopic (exact) mass is 323 g/mol. The molecule has 118 valence electrons. The summed E-state index contributed by atoms with van der Waals surface area (Å²) in [5, 5.41) is 19.2. The predicted octanol–water partition coefficient (Wildman–Crippen LogP) is 2.37. The average molecular weight is 323 g/mol. The molecule has 0 aliphatic heterocycles. The lowest BCUT2D eigenvalue weighted by Crippen LogP contribution is -2.07. The number of nitro groups is 1. The Balaban J connectivity index is 2.08. The quantitative estimate of drug-likeness (QED) is 0.261. The van der Waals surface area contributed by atoms with E-state index in [-0.39, 0.29) is 5.69 Å². The molecule has 2 N–H and O–H groups in total. The van der Waals surface area contributed by atoms with Crippen molar-refractivity contribution in [1.29, 1.82) is 0 Å². The molecule has 0 unspecified atom stereocenters. The maximum atomic E-state index is 11.2. The molecule has 0 radical (unpaired) electrons. The van der Waals surface area contributed by atoms with Crippen molar-refractivity contribution in [3.63, 3.8) is 0 Å². The minimum Gasteiger partial charge on any atom is -0.487 e. The fraction of sp³-hybridized carbons (Fsp3) is 0.385. The molecule has 22 heavy (non-hydrogen) atoms. The van der Waals surface area contributed by atoms with Crippen LogP contribution in [0.1, 0.15) is 25.3 Å². The van der Waals surface area contributed by atoms with Gasteiger partial charge in [-0.2, -0.15) is 0 Å². The molecule has 1 aromatic heterocycles. The Bertz CT molecular complexity index is 646. The van der Waals surface area contributed by atoms with Crippen LogP contribution in [-0.2, 0) is 5.75 Å². The largest absolute Gasteiger partial charge is 0.487 e. The van der Waals surface area contributed by atoms with Crippen LogP contribution in [-0.4, -0.2) is 26.4 Å². The number of nitrogens with two attached hydrogens (primary N) is 1. The number of nitrogen functional groups attached to an aromatic ring is 1. The fourth-order valence-corrected chi connectivity index (χ4v) is 2.50. The van der Waals surface area contributed by atoms with Crippen LogP contribution in [0.2, 0.25) is 0 Å². The first-order valence-electron chi connectivity index (χ1n) is 6.79. The zero-order valence-corrected chi connectivity index (χ0v) is 13.0. The Hall–Kier alpha value is -2.29. The average Bonchev–Trinajstić information content (AvgIpc) is 2.91. The lowest BCUT2D eigenvalue weighted by molar-refractivity contribution is -0.385. The van der Waals surface area contributed by atoms with E-state index < -0.39 is 4.92 Å². The molecule has 1 aromatic carbocycles. The van der Waals surface area contributed by atoms with Gasteiger partial charge in [-0.15, -0.1) is 10.2 Å². The van der Waals surface area contributed by atoms with E-state index in [0.29, 0.717) is 23.3 Å². The number of aromatic nitrogens is 3. The van der Waals surface area contributed by atoms with Crippen molar-refractivity contribution < 1.29 is 9.66 Å². The van der Waals surface area contributed by atoms with Gasteiger partial charge in [0.1, 0.15) is 6.33 Å². The topological polar surface area (TPSA) is 109 Å². The van der Waals surface area contributed by atoms with Crippen molar-refractivity contribution in [2.75, 3.05) is 12.4 Å². The standard InChI is InChI=1S/C13H17N5O3S/c1-2-3-6-21-12-5-4-10(7-11(12)18(19)20)8-22-13-16-15-9-17(13)14/h4-5,7,9H,2-3,6,8,14H2,1H3. The summed E-state index contributed by atoms with van der Waals surface area (Å²) in [6.45, 7) is 2.51. The van der Waals surface area contributed by atoms with E-state index in [1.165, 1.54) is 28.8 Å². The Kier molecular flexibility index (Phi) is 5.59. The highest BCUT2D eigenvalue weighted by atomic mass is 32.2. The van der Waals surface area contributed by atoms with E-state index in [0.717, 1.165) is 18.4 Å². The molecule has 2 aromatic rings. The van der Waals surface area contributed by atoms with E-state index in [9.17, 15) is 10.1 Å². The minimum atomic E-state index is -0.430. The van der Waals surface area contributed by atoms with Gasteiger partial charge in [0.2, 0.25) is 5.16 Å². The van der Waals surface area contributed by atoms with Gasteiger partial charge in [-0.1, -0.05) is 31.2 Å². The number of hydrogen-bond acceptors (Lipinski definition) is 7. The maximum absolute atomic E-state index is 11.2. The smallest absolute Gasteiger partial charge is 0.311 e. The van der Waals surface area contributed by atoms with E-state index in [1.807, 2.05) is 6.92 Å². The van der Waals surface area contributed by atoms with Crippen LogP contribution < -0.4 is 10.6 Å². The van der Waals surface area contributed by atoms with Crippen molar-refractivity contribution in [2.24, 2.45) is 0 Å². The second-order valence-corrected chi connectivity index (χ2v) is 5.51. The molecule has 0 amide bonds. The Labute approximate surface area is 131 Å². The summed E-state index contributed by atoms with van der Waals surface area (Å²) < 4.78 is 6.78. The number of thioether (sulfide) groups is 1. The molecule has 0 fully saturated rings. The summed E-state index contributed by atoms with van der Waals surface area (Å²) in [7, 11) is 0. The molecule has 8 nitrogen and oxygen atoms in total. The third-order valence-electron chi connectivity index (χ3n) is 2.88. The van der Waals surface area contributed by atoms with Crippen molar-refractivity contribution in [2.45, 2.75) is 30.7 Å². The summed E-state index contributed by atoms with van der Waals surface area (Å²) in [5.74, 6) is 6.42. The summed E-state index contributed by atoms with van der Waals surface area (Å²) in [6, 6.07) is 4.96. The SMILES string of the molecule is CCCCOc1ccc(CSc2nncn2N)cc1[N+](=O)[O-]. The molecule has 0 aliphatic carbocycles. The van der Waals surface area contributed by atoms with Crippen molar-refractivity contribution in [1.82, 2.24) is 14.9 Å².